The number of nitrogens with zero attached hydrogens (tertiary/aromatic N) is 1. The number of rotatable bonds is 4. The summed E-state index contributed by atoms with van der Waals surface area (Å²) in [6.07, 6.45) is 1.96. The van der Waals surface area contributed by atoms with E-state index in [-0.39, 0.29) is 11.9 Å². The Morgan fingerprint density at radius 3 is 2.62 bits per heavy atom. The first-order valence-corrected chi connectivity index (χ1v) is 8.63. The molecule has 4 nitrogen and oxygen atoms in total. The fraction of sp³-hybridized carbons (Fsp3) is 0.316. The number of carbonyl (C=O) groups excluding carboxylic acids is 1. The highest BCUT2D eigenvalue weighted by Crippen LogP contribution is 2.27. The van der Waals surface area contributed by atoms with Crippen molar-refractivity contribution in [3.8, 4) is 0 Å². The molecule has 0 radical (unpaired) electrons. The minimum absolute atomic E-state index is 0.0808. The van der Waals surface area contributed by atoms with E-state index < -0.39 is 6.04 Å². The maximum Gasteiger partial charge on any atom is 0.241 e. The van der Waals surface area contributed by atoms with E-state index in [1.807, 2.05) is 54.6 Å². The summed E-state index contributed by atoms with van der Waals surface area (Å²) in [5.41, 5.74) is 7.93. The molecule has 1 amide bonds. The summed E-state index contributed by atoms with van der Waals surface area (Å²) < 4.78 is 0. The van der Waals surface area contributed by atoms with E-state index in [1.54, 1.807) is 0 Å². The van der Waals surface area contributed by atoms with Crippen LogP contribution in [0.5, 0.6) is 0 Å². The van der Waals surface area contributed by atoms with E-state index in [2.05, 4.69) is 10.2 Å². The smallest absolute Gasteiger partial charge is 0.241 e. The molecule has 1 saturated heterocycles. The number of hydrogen-bond donors (Lipinski definition) is 2. The first-order chi connectivity index (χ1) is 11.6. The molecule has 1 aliphatic heterocycles. The minimum atomic E-state index is -0.637. The highest BCUT2D eigenvalue weighted by molar-refractivity contribution is 6.33. The van der Waals surface area contributed by atoms with Crippen molar-refractivity contribution in [1.29, 1.82) is 0 Å². The molecule has 0 saturated carbocycles. The van der Waals surface area contributed by atoms with Crippen LogP contribution in [0.25, 0.3) is 0 Å². The van der Waals surface area contributed by atoms with Gasteiger partial charge in [0, 0.05) is 19.1 Å². The molecule has 0 spiro atoms. The number of amides is 1. The number of para-hydroxylation sites is 1. The summed E-state index contributed by atoms with van der Waals surface area (Å²) in [7, 11) is 0. The van der Waals surface area contributed by atoms with Crippen LogP contribution in [0.4, 0.5) is 5.69 Å². The van der Waals surface area contributed by atoms with Crippen molar-refractivity contribution in [3.63, 3.8) is 0 Å². The van der Waals surface area contributed by atoms with Crippen LogP contribution in [0.1, 0.15) is 24.4 Å². The van der Waals surface area contributed by atoms with Crippen molar-refractivity contribution >= 4 is 23.2 Å². The maximum absolute atomic E-state index is 12.4. The van der Waals surface area contributed by atoms with Gasteiger partial charge in [0.2, 0.25) is 5.91 Å². The average Bonchev–Trinajstić information content (AvgIpc) is 2.62. The molecule has 5 heteroatoms. The first-order valence-electron chi connectivity index (χ1n) is 8.25. The fourth-order valence-corrected chi connectivity index (χ4v) is 3.38. The number of nitrogens with one attached hydrogen (secondary N) is 1. The minimum Gasteiger partial charge on any atom is -0.368 e. The second kappa shape index (κ2) is 7.69. The van der Waals surface area contributed by atoms with E-state index in [4.69, 9.17) is 17.3 Å². The van der Waals surface area contributed by atoms with Crippen molar-refractivity contribution in [2.24, 2.45) is 5.73 Å². The van der Waals surface area contributed by atoms with Crippen LogP contribution in [0.15, 0.2) is 54.6 Å². The lowest BCUT2D eigenvalue weighted by Gasteiger charge is -2.35. The Morgan fingerprint density at radius 2 is 1.88 bits per heavy atom. The van der Waals surface area contributed by atoms with Gasteiger partial charge >= 0.3 is 0 Å². The van der Waals surface area contributed by atoms with Gasteiger partial charge in [-0.2, -0.15) is 0 Å². The molecule has 2 atom stereocenters. The lowest BCUT2D eigenvalue weighted by molar-refractivity contribution is -0.123. The third kappa shape index (κ3) is 3.89. The number of carbonyl (C=O) groups is 1. The predicted molar refractivity (Wildman–Crippen MR) is 98.2 cm³/mol. The van der Waals surface area contributed by atoms with Gasteiger partial charge in [0.1, 0.15) is 6.04 Å². The summed E-state index contributed by atoms with van der Waals surface area (Å²) in [6.45, 7) is 1.69. The van der Waals surface area contributed by atoms with Crippen LogP contribution < -0.4 is 16.0 Å². The van der Waals surface area contributed by atoms with Gasteiger partial charge in [0.15, 0.2) is 0 Å². The second-order valence-corrected chi connectivity index (χ2v) is 6.54. The highest BCUT2D eigenvalue weighted by atomic mass is 35.5. The Morgan fingerprint density at radius 1 is 1.17 bits per heavy atom. The standard InChI is InChI=1S/C19H22ClN3O/c20-16-10-4-5-11-17(16)23-12-6-9-15(13-23)22-19(24)18(21)14-7-2-1-3-8-14/h1-5,7-8,10-11,15,18H,6,9,12-13,21H2,(H,22,24). The van der Waals surface area contributed by atoms with Gasteiger partial charge in [-0.1, -0.05) is 54.1 Å². The molecule has 2 aromatic rings. The summed E-state index contributed by atoms with van der Waals surface area (Å²) in [5.74, 6) is -0.132. The molecule has 1 aliphatic rings. The Balaban J connectivity index is 1.63. The third-order valence-corrected chi connectivity index (χ3v) is 4.72. The van der Waals surface area contributed by atoms with Gasteiger partial charge in [0.25, 0.3) is 0 Å². The topological polar surface area (TPSA) is 58.4 Å². The van der Waals surface area contributed by atoms with Gasteiger partial charge in [-0.25, -0.2) is 0 Å². The van der Waals surface area contributed by atoms with Crippen molar-refractivity contribution in [3.05, 3.63) is 65.2 Å². The van der Waals surface area contributed by atoms with Gasteiger partial charge in [-0.3, -0.25) is 4.79 Å². The predicted octanol–water partition coefficient (Wildman–Crippen LogP) is 3.13. The summed E-state index contributed by atoms with van der Waals surface area (Å²) >= 11 is 6.29. The molecule has 126 valence electrons. The average molecular weight is 344 g/mol. The molecule has 1 fully saturated rings. The summed E-state index contributed by atoms with van der Waals surface area (Å²) in [5, 5.41) is 3.83. The third-order valence-electron chi connectivity index (χ3n) is 4.40. The van der Waals surface area contributed by atoms with Crippen molar-refractivity contribution in [2.75, 3.05) is 18.0 Å². The SMILES string of the molecule is NC(C(=O)NC1CCCN(c2ccccc2Cl)C1)c1ccccc1. The quantitative estimate of drug-likeness (QED) is 0.896. The van der Waals surface area contributed by atoms with Crippen LogP contribution in [-0.2, 0) is 4.79 Å². The first kappa shape index (κ1) is 16.8. The number of anilines is 1. The Labute approximate surface area is 147 Å². The Kier molecular flexibility index (Phi) is 5.38. The van der Waals surface area contributed by atoms with Gasteiger partial charge in [-0.15, -0.1) is 0 Å². The molecule has 3 N–H and O–H groups in total. The molecule has 3 rings (SSSR count). The van der Waals surface area contributed by atoms with Gasteiger partial charge in [-0.05, 0) is 30.5 Å². The number of nitrogens with two attached hydrogens (primary N) is 1. The maximum atomic E-state index is 12.4. The Bertz CT molecular complexity index is 692. The number of benzene rings is 2. The van der Waals surface area contributed by atoms with Crippen molar-refractivity contribution in [2.45, 2.75) is 24.9 Å². The zero-order valence-electron chi connectivity index (χ0n) is 13.5. The normalized spacial score (nSPS) is 18.9. The monoisotopic (exact) mass is 343 g/mol. The molecule has 24 heavy (non-hydrogen) atoms. The highest BCUT2D eigenvalue weighted by Gasteiger charge is 2.25. The Hall–Kier alpha value is -2.04. The number of hydrogen-bond acceptors (Lipinski definition) is 3. The number of halogens is 1. The van der Waals surface area contributed by atoms with E-state index in [1.165, 1.54) is 0 Å². The largest absolute Gasteiger partial charge is 0.368 e. The van der Waals surface area contributed by atoms with E-state index in [9.17, 15) is 4.79 Å². The van der Waals surface area contributed by atoms with Crippen LogP contribution in [0.3, 0.4) is 0 Å². The van der Waals surface area contributed by atoms with Crippen LogP contribution in [0, 0.1) is 0 Å². The lowest BCUT2D eigenvalue weighted by atomic mass is 10.0. The molecule has 0 bridgehead atoms. The van der Waals surface area contributed by atoms with E-state index >= 15 is 0 Å². The van der Waals surface area contributed by atoms with Crippen LogP contribution in [-0.4, -0.2) is 25.0 Å². The fourth-order valence-electron chi connectivity index (χ4n) is 3.12. The molecule has 0 aliphatic carbocycles. The summed E-state index contributed by atoms with van der Waals surface area (Å²) in [4.78, 5) is 14.7. The summed E-state index contributed by atoms with van der Waals surface area (Å²) in [6, 6.07) is 16.7. The number of piperidine rings is 1. The van der Waals surface area contributed by atoms with Gasteiger partial charge in [0.05, 0.1) is 10.7 Å². The van der Waals surface area contributed by atoms with Crippen LogP contribution in [0.2, 0.25) is 5.02 Å². The lowest BCUT2D eigenvalue weighted by Crippen LogP contribution is -2.50. The van der Waals surface area contributed by atoms with Crippen LogP contribution >= 0.6 is 11.6 Å². The van der Waals surface area contributed by atoms with Gasteiger partial charge < -0.3 is 16.0 Å². The molecule has 2 aromatic carbocycles. The molecular weight excluding hydrogens is 322 g/mol. The molecular formula is C19H22ClN3O. The van der Waals surface area contributed by atoms with E-state index in [0.29, 0.717) is 0 Å². The zero-order chi connectivity index (χ0) is 16.9. The molecule has 1 heterocycles. The molecule has 0 aromatic heterocycles. The molecule has 2 unspecified atom stereocenters. The van der Waals surface area contributed by atoms with E-state index in [0.717, 1.165) is 42.2 Å². The zero-order valence-corrected chi connectivity index (χ0v) is 14.2. The van der Waals surface area contributed by atoms with Crippen molar-refractivity contribution < 1.29 is 4.79 Å². The van der Waals surface area contributed by atoms with Crippen molar-refractivity contribution in [1.82, 2.24) is 5.32 Å². The second-order valence-electron chi connectivity index (χ2n) is 6.13.